The Balaban J connectivity index is 1.61. The highest BCUT2D eigenvalue weighted by atomic mass is 19.4. The fourth-order valence-corrected chi connectivity index (χ4v) is 2.98. The fourth-order valence-electron chi connectivity index (χ4n) is 2.98. The largest absolute Gasteiger partial charge is 0.483 e. The van der Waals surface area contributed by atoms with E-state index in [-0.39, 0.29) is 22.8 Å². The Morgan fingerprint density at radius 2 is 1.87 bits per heavy atom. The number of hydrogen-bond donors (Lipinski definition) is 1. The topological polar surface area (TPSA) is 81.7 Å². The van der Waals surface area contributed by atoms with Gasteiger partial charge in [0.1, 0.15) is 11.3 Å². The molecule has 0 unspecified atom stereocenters. The lowest BCUT2D eigenvalue weighted by Crippen LogP contribution is -2.24. The first-order valence-electron chi connectivity index (χ1n) is 9.16. The van der Waals surface area contributed by atoms with Crippen LogP contribution in [0.15, 0.2) is 48.5 Å². The number of carbonyl (C=O) groups is 3. The number of benzene rings is 2. The molecule has 1 atom stereocenters. The molecule has 0 radical (unpaired) electrons. The summed E-state index contributed by atoms with van der Waals surface area (Å²) in [4.78, 5) is 36.1. The SMILES string of the molecule is O=C(COc1ccccc1C(=O)O[C@@H]1CCCC1=O)Nc1cccc(C(F)(F)F)c1. The fraction of sp³-hybridized carbons (Fsp3) is 0.286. The molecule has 1 N–H and O–H groups in total. The number of alkyl halides is 3. The first-order valence-corrected chi connectivity index (χ1v) is 9.16. The number of rotatable bonds is 6. The minimum Gasteiger partial charge on any atom is -0.483 e. The summed E-state index contributed by atoms with van der Waals surface area (Å²) in [6.45, 7) is -0.539. The number of amides is 1. The summed E-state index contributed by atoms with van der Waals surface area (Å²) in [5, 5.41) is 2.31. The van der Waals surface area contributed by atoms with Crippen molar-refractivity contribution in [1.29, 1.82) is 0 Å². The van der Waals surface area contributed by atoms with Crippen LogP contribution in [0.25, 0.3) is 0 Å². The van der Waals surface area contributed by atoms with Gasteiger partial charge in [0.2, 0.25) is 0 Å². The van der Waals surface area contributed by atoms with Crippen LogP contribution in [-0.2, 0) is 20.5 Å². The average molecular weight is 421 g/mol. The monoisotopic (exact) mass is 421 g/mol. The summed E-state index contributed by atoms with van der Waals surface area (Å²) in [7, 11) is 0. The zero-order valence-corrected chi connectivity index (χ0v) is 15.7. The van der Waals surface area contributed by atoms with E-state index in [4.69, 9.17) is 9.47 Å². The smallest absolute Gasteiger partial charge is 0.416 e. The van der Waals surface area contributed by atoms with Crippen LogP contribution in [-0.4, -0.2) is 30.4 Å². The van der Waals surface area contributed by atoms with Crippen molar-refractivity contribution in [2.45, 2.75) is 31.5 Å². The molecule has 30 heavy (non-hydrogen) atoms. The molecule has 3 rings (SSSR count). The van der Waals surface area contributed by atoms with Crippen molar-refractivity contribution in [2.24, 2.45) is 0 Å². The van der Waals surface area contributed by atoms with Crippen LogP contribution in [0.1, 0.15) is 35.2 Å². The van der Waals surface area contributed by atoms with E-state index >= 15 is 0 Å². The molecule has 1 aliphatic rings. The molecule has 0 spiro atoms. The minimum atomic E-state index is -4.53. The summed E-state index contributed by atoms with van der Waals surface area (Å²) in [5.74, 6) is -1.53. The molecule has 1 saturated carbocycles. The van der Waals surface area contributed by atoms with Gasteiger partial charge < -0.3 is 14.8 Å². The standard InChI is InChI=1S/C21H18F3NO5/c22-21(23,24)13-5-3-6-14(11-13)25-19(27)12-29-17-9-2-1-7-15(17)20(28)30-18-10-4-8-16(18)26/h1-3,5-7,9,11,18H,4,8,10,12H2,(H,25,27)/t18-/m1/s1. The van der Waals surface area contributed by atoms with E-state index in [9.17, 15) is 27.6 Å². The number of hydrogen-bond acceptors (Lipinski definition) is 5. The molecule has 0 aliphatic heterocycles. The molecule has 2 aromatic carbocycles. The van der Waals surface area contributed by atoms with Crippen LogP contribution in [0.2, 0.25) is 0 Å². The number of anilines is 1. The van der Waals surface area contributed by atoms with Gasteiger partial charge in [0.25, 0.3) is 5.91 Å². The molecule has 1 fully saturated rings. The third-order valence-electron chi connectivity index (χ3n) is 4.44. The van der Waals surface area contributed by atoms with Gasteiger partial charge in [-0.25, -0.2) is 4.79 Å². The van der Waals surface area contributed by atoms with E-state index in [0.717, 1.165) is 12.1 Å². The molecule has 0 aromatic heterocycles. The normalized spacial score (nSPS) is 16.2. The number of esters is 1. The minimum absolute atomic E-state index is 0.0362. The van der Waals surface area contributed by atoms with Crippen molar-refractivity contribution >= 4 is 23.3 Å². The lowest BCUT2D eigenvalue weighted by atomic mass is 10.2. The number of Topliss-reactive ketones (excluding diaryl/α,β-unsaturated/α-hetero) is 1. The number of carbonyl (C=O) groups excluding carboxylic acids is 3. The Hall–Kier alpha value is -3.36. The van der Waals surface area contributed by atoms with Crippen LogP contribution < -0.4 is 10.1 Å². The third-order valence-corrected chi connectivity index (χ3v) is 4.44. The lowest BCUT2D eigenvalue weighted by molar-refractivity contribution is -0.137. The van der Waals surface area contributed by atoms with E-state index in [1.807, 2.05) is 0 Å². The van der Waals surface area contributed by atoms with Gasteiger partial charge in [0.05, 0.1) is 5.56 Å². The Labute approximate surface area is 170 Å². The van der Waals surface area contributed by atoms with E-state index in [1.165, 1.54) is 24.3 Å². The molecule has 158 valence electrons. The average Bonchev–Trinajstić information content (AvgIpc) is 3.10. The summed E-state index contributed by atoms with van der Waals surface area (Å²) >= 11 is 0. The second kappa shape index (κ2) is 8.98. The van der Waals surface area contributed by atoms with E-state index < -0.39 is 36.3 Å². The quantitative estimate of drug-likeness (QED) is 0.713. The van der Waals surface area contributed by atoms with Crippen molar-refractivity contribution in [3.05, 3.63) is 59.7 Å². The van der Waals surface area contributed by atoms with E-state index in [2.05, 4.69) is 5.32 Å². The Bertz CT molecular complexity index is 958. The van der Waals surface area contributed by atoms with Crippen molar-refractivity contribution in [2.75, 3.05) is 11.9 Å². The summed E-state index contributed by atoms with van der Waals surface area (Å²) < 4.78 is 48.9. The summed E-state index contributed by atoms with van der Waals surface area (Å²) in [6.07, 6.45) is -3.82. The van der Waals surface area contributed by atoms with Gasteiger partial charge >= 0.3 is 12.1 Å². The second-order valence-electron chi connectivity index (χ2n) is 6.66. The van der Waals surface area contributed by atoms with Crippen LogP contribution in [0.4, 0.5) is 18.9 Å². The first-order chi connectivity index (χ1) is 14.2. The summed E-state index contributed by atoms with van der Waals surface area (Å²) in [5.41, 5.74) is -0.884. The number of halogens is 3. The molecular formula is C21H18F3NO5. The Kier molecular flexibility index (Phi) is 6.39. The molecule has 1 aliphatic carbocycles. The van der Waals surface area contributed by atoms with Crippen molar-refractivity contribution in [3.63, 3.8) is 0 Å². The Morgan fingerprint density at radius 1 is 1.10 bits per heavy atom. The highest BCUT2D eigenvalue weighted by Gasteiger charge is 2.31. The Morgan fingerprint density at radius 3 is 2.57 bits per heavy atom. The first kappa shape index (κ1) is 21.4. The maximum absolute atomic E-state index is 12.8. The van der Waals surface area contributed by atoms with Crippen molar-refractivity contribution in [1.82, 2.24) is 0 Å². The highest BCUT2D eigenvalue weighted by molar-refractivity contribution is 5.96. The highest BCUT2D eigenvalue weighted by Crippen LogP contribution is 2.30. The molecule has 2 aromatic rings. The van der Waals surface area contributed by atoms with Crippen LogP contribution in [0.5, 0.6) is 5.75 Å². The number of ether oxygens (including phenoxy) is 2. The van der Waals surface area contributed by atoms with Crippen LogP contribution in [0.3, 0.4) is 0 Å². The summed E-state index contributed by atoms with van der Waals surface area (Å²) in [6, 6.07) is 10.2. The zero-order chi connectivity index (χ0) is 21.7. The van der Waals surface area contributed by atoms with E-state index in [0.29, 0.717) is 19.3 Å². The van der Waals surface area contributed by atoms with Gasteiger partial charge in [-0.1, -0.05) is 18.2 Å². The molecule has 0 heterocycles. The molecule has 1 amide bonds. The zero-order valence-electron chi connectivity index (χ0n) is 15.7. The lowest BCUT2D eigenvalue weighted by Gasteiger charge is -2.14. The number of nitrogens with one attached hydrogen (secondary N) is 1. The molecule has 0 bridgehead atoms. The maximum Gasteiger partial charge on any atom is 0.416 e. The second-order valence-corrected chi connectivity index (χ2v) is 6.66. The molecule has 9 heteroatoms. The van der Waals surface area contributed by atoms with Gasteiger partial charge in [-0.15, -0.1) is 0 Å². The number of ketones is 1. The van der Waals surface area contributed by atoms with Crippen molar-refractivity contribution < 1.29 is 37.0 Å². The predicted molar refractivity (Wildman–Crippen MR) is 100 cm³/mol. The van der Waals surface area contributed by atoms with Gasteiger partial charge in [0, 0.05) is 12.1 Å². The third kappa shape index (κ3) is 5.37. The van der Waals surface area contributed by atoms with Gasteiger partial charge in [-0.3, -0.25) is 9.59 Å². The molecule has 0 saturated heterocycles. The number of para-hydroxylation sites is 1. The van der Waals surface area contributed by atoms with Gasteiger partial charge in [-0.05, 0) is 43.2 Å². The maximum atomic E-state index is 12.8. The van der Waals surface area contributed by atoms with Crippen molar-refractivity contribution in [3.8, 4) is 5.75 Å². The van der Waals surface area contributed by atoms with Gasteiger partial charge in [0.15, 0.2) is 18.5 Å². The predicted octanol–water partition coefficient (Wildman–Crippen LogP) is 4.00. The van der Waals surface area contributed by atoms with E-state index in [1.54, 1.807) is 12.1 Å². The van der Waals surface area contributed by atoms with Crippen LogP contribution >= 0.6 is 0 Å². The molecular weight excluding hydrogens is 403 g/mol. The van der Waals surface area contributed by atoms with Crippen LogP contribution in [0, 0.1) is 0 Å². The van der Waals surface area contributed by atoms with Gasteiger partial charge in [-0.2, -0.15) is 13.2 Å². The molecule has 6 nitrogen and oxygen atoms in total.